The maximum absolute atomic E-state index is 12.6. The molecule has 0 saturated heterocycles. The number of rotatable bonds is 3. The van der Waals surface area contributed by atoms with Crippen molar-refractivity contribution in [2.75, 3.05) is 0 Å². The number of aryl methyl sites for hydroxylation is 2. The maximum atomic E-state index is 12.6. The van der Waals surface area contributed by atoms with Gasteiger partial charge in [-0.25, -0.2) is 0 Å². The fourth-order valence-corrected chi connectivity index (χ4v) is 2.42. The van der Waals surface area contributed by atoms with E-state index >= 15 is 0 Å². The standard InChI is InChI=1S/C12H16F3PS/c1-4-10-5-8(2)6-12(16)11(10)7-9(3)17(13,14)15/h5-7H,4,16H2,1-3H3/b9-7+. The van der Waals surface area contributed by atoms with Crippen molar-refractivity contribution in [1.82, 2.24) is 0 Å². The second-order valence-corrected chi connectivity index (χ2v) is 6.02. The van der Waals surface area contributed by atoms with Gasteiger partial charge in [0.2, 0.25) is 11.2 Å². The summed E-state index contributed by atoms with van der Waals surface area (Å²) in [5.74, 6) is 0. The Morgan fingerprint density at radius 1 is 1.35 bits per heavy atom. The highest BCUT2D eigenvalue weighted by Gasteiger charge is 2.23. The maximum Gasteiger partial charge on any atom is 0.233 e. The highest BCUT2D eigenvalue weighted by Crippen LogP contribution is 2.60. The third kappa shape index (κ3) is 3.75. The predicted octanol–water partition coefficient (Wildman–Crippen LogP) is 4.88. The highest BCUT2D eigenvalue weighted by atomic mass is 32.3. The van der Waals surface area contributed by atoms with E-state index in [0.717, 1.165) is 29.8 Å². The molecule has 1 atom stereocenters. The Bertz CT molecular complexity index is 450. The van der Waals surface area contributed by atoms with Gasteiger partial charge in [-0.1, -0.05) is 24.6 Å². The zero-order valence-electron chi connectivity index (χ0n) is 10.1. The molecule has 0 bridgehead atoms. The number of hydrogen-bond donors (Lipinski definition) is 0. The molecular formula is C12H16F3PS. The van der Waals surface area contributed by atoms with Crippen LogP contribution in [-0.2, 0) is 6.42 Å². The minimum atomic E-state index is -5.10. The first-order valence-electron chi connectivity index (χ1n) is 5.25. The zero-order valence-corrected chi connectivity index (χ0v) is 12.0. The van der Waals surface area contributed by atoms with Crippen molar-refractivity contribution in [3.63, 3.8) is 0 Å². The monoisotopic (exact) mass is 280 g/mol. The first kappa shape index (κ1) is 14.6. The van der Waals surface area contributed by atoms with Gasteiger partial charge in [-0.2, -0.15) is 0 Å². The molecule has 0 nitrogen and oxygen atoms in total. The summed E-state index contributed by atoms with van der Waals surface area (Å²) in [4.78, 5) is -0.486. The van der Waals surface area contributed by atoms with Crippen molar-refractivity contribution in [3.8, 4) is 0 Å². The minimum Gasteiger partial charge on any atom is -0.120 e. The molecule has 1 aromatic carbocycles. The zero-order chi connectivity index (χ0) is 13.2. The van der Waals surface area contributed by atoms with Gasteiger partial charge >= 0.3 is 0 Å². The van der Waals surface area contributed by atoms with E-state index in [9.17, 15) is 11.7 Å². The summed E-state index contributed by atoms with van der Waals surface area (Å²) < 4.78 is 37.8. The van der Waals surface area contributed by atoms with E-state index in [-0.39, 0.29) is 0 Å². The lowest BCUT2D eigenvalue weighted by molar-refractivity contribution is 0.647. The van der Waals surface area contributed by atoms with Crippen LogP contribution in [0.2, 0.25) is 0 Å². The summed E-state index contributed by atoms with van der Waals surface area (Å²) in [5.41, 5.74) is 2.71. The van der Waals surface area contributed by atoms with Crippen molar-refractivity contribution in [2.45, 2.75) is 27.2 Å². The summed E-state index contributed by atoms with van der Waals surface area (Å²) in [5, 5.41) is 0.824. The Morgan fingerprint density at radius 2 is 1.94 bits per heavy atom. The van der Waals surface area contributed by atoms with Gasteiger partial charge in [0.05, 0.1) is 4.91 Å². The molecule has 0 heterocycles. The summed E-state index contributed by atoms with van der Waals surface area (Å²) in [6, 6.07) is 3.83. The van der Waals surface area contributed by atoms with E-state index < -0.39 is 16.1 Å². The Kier molecular flexibility index (Phi) is 4.68. The smallest absolute Gasteiger partial charge is 0.120 e. The van der Waals surface area contributed by atoms with Crippen LogP contribution in [0.4, 0.5) is 11.7 Å². The van der Waals surface area contributed by atoms with Crippen LogP contribution in [0.1, 0.15) is 30.5 Å². The van der Waals surface area contributed by atoms with Gasteiger partial charge in [-0.05, 0) is 42.8 Å². The Labute approximate surface area is 105 Å². The van der Waals surface area contributed by atoms with Crippen molar-refractivity contribution in [1.29, 1.82) is 0 Å². The molecule has 0 N–H and O–H groups in total. The van der Waals surface area contributed by atoms with Crippen molar-refractivity contribution >= 4 is 31.8 Å². The number of hydrogen-bond acceptors (Lipinski definition) is 0. The van der Waals surface area contributed by atoms with Gasteiger partial charge in [0.25, 0.3) is 0 Å². The van der Waals surface area contributed by atoms with Crippen LogP contribution in [0.5, 0.6) is 0 Å². The molecule has 0 radical (unpaired) electrons. The molecular weight excluding hydrogens is 264 g/mol. The average molecular weight is 280 g/mol. The van der Waals surface area contributed by atoms with Crippen LogP contribution in [-0.4, -0.2) is 0 Å². The number of benzene rings is 1. The second kappa shape index (κ2) is 5.45. The molecule has 96 valence electrons. The molecule has 0 aliphatic heterocycles. The summed E-state index contributed by atoms with van der Waals surface area (Å²) in [6.07, 6.45) is 1.99. The van der Waals surface area contributed by atoms with Crippen LogP contribution in [0, 0.1) is 6.92 Å². The Balaban J connectivity index is 3.32. The highest BCUT2D eigenvalue weighted by molar-refractivity contribution is 8.24. The molecule has 17 heavy (non-hydrogen) atoms. The second-order valence-electron chi connectivity index (χ2n) is 3.94. The van der Waals surface area contributed by atoms with Gasteiger partial charge in [-0.15, -0.1) is 20.9 Å². The molecule has 0 fully saturated rings. The van der Waals surface area contributed by atoms with E-state index in [4.69, 9.17) is 0 Å². The number of allylic oxidation sites excluding steroid dienone is 1. The summed E-state index contributed by atoms with van der Waals surface area (Å²) in [6.45, 7) is 5.03. The van der Waals surface area contributed by atoms with Gasteiger partial charge in [0, 0.05) is 0 Å². The predicted molar refractivity (Wildman–Crippen MR) is 74.5 cm³/mol. The SMILES string of the molecule is CCc1cc(C)cc(P)c1/C=C(\C)S(F)(F)F. The minimum absolute atomic E-state index is 0.486. The molecule has 0 aromatic heterocycles. The lowest BCUT2D eigenvalue weighted by atomic mass is 10.0. The molecule has 5 heteroatoms. The van der Waals surface area contributed by atoms with Gasteiger partial charge in [-0.3, -0.25) is 0 Å². The summed E-state index contributed by atoms with van der Waals surface area (Å²) in [7, 11) is 2.51. The third-order valence-electron chi connectivity index (χ3n) is 2.54. The molecule has 0 saturated carbocycles. The Morgan fingerprint density at radius 3 is 2.41 bits per heavy atom. The average Bonchev–Trinajstić information content (AvgIpc) is 2.19. The number of halogens is 3. The van der Waals surface area contributed by atoms with Crippen molar-refractivity contribution in [3.05, 3.63) is 33.7 Å². The molecule has 0 aliphatic carbocycles. The molecule has 1 unspecified atom stereocenters. The molecule has 1 aromatic rings. The van der Waals surface area contributed by atoms with E-state index in [1.54, 1.807) is 0 Å². The quantitative estimate of drug-likeness (QED) is 0.692. The molecule has 0 spiro atoms. The lowest BCUT2D eigenvalue weighted by Crippen LogP contribution is -2.03. The normalized spacial score (nSPS) is 13.9. The van der Waals surface area contributed by atoms with E-state index in [1.807, 2.05) is 26.0 Å². The lowest BCUT2D eigenvalue weighted by Gasteiger charge is -2.13. The van der Waals surface area contributed by atoms with Crippen LogP contribution in [0.15, 0.2) is 17.0 Å². The van der Waals surface area contributed by atoms with Crippen LogP contribution < -0.4 is 5.30 Å². The van der Waals surface area contributed by atoms with E-state index in [2.05, 4.69) is 9.24 Å². The van der Waals surface area contributed by atoms with Gasteiger partial charge in [0.1, 0.15) is 0 Å². The van der Waals surface area contributed by atoms with Crippen molar-refractivity contribution in [2.24, 2.45) is 0 Å². The fraction of sp³-hybridized carbons (Fsp3) is 0.333. The van der Waals surface area contributed by atoms with Gasteiger partial charge < -0.3 is 0 Å². The largest absolute Gasteiger partial charge is 0.233 e. The van der Waals surface area contributed by atoms with Crippen molar-refractivity contribution < 1.29 is 11.7 Å². The van der Waals surface area contributed by atoms with Crippen LogP contribution in [0.25, 0.3) is 6.08 Å². The fourth-order valence-electron chi connectivity index (χ4n) is 1.64. The van der Waals surface area contributed by atoms with E-state index in [1.165, 1.54) is 6.08 Å². The molecule has 1 rings (SSSR count). The van der Waals surface area contributed by atoms with Gasteiger partial charge in [0.15, 0.2) is 0 Å². The Hall–Kier alpha value is -0.470. The molecule has 0 amide bonds. The van der Waals surface area contributed by atoms with Crippen LogP contribution in [0.3, 0.4) is 0 Å². The topological polar surface area (TPSA) is 0 Å². The van der Waals surface area contributed by atoms with Crippen LogP contribution >= 0.6 is 20.4 Å². The third-order valence-corrected chi connectivity index (χ3v) is 3.86. The first-order valence-corrected chi connectivity index (χ1v) is 7.16. The first-order chi connectivity index (χ1) is 7.75. The molecule has 0 aliphatic rings. The summed E-state index contributed by atoms with van der Waals surface area (Å²) >= 11 is -5.10. The van der Waals surface area contributed by atoms with E-state index in [0.29, 0.717) is 5.56 Å².